The van der Waals surface area contributed by atoms with Crippen LogP contribution in [0, 0.1) is 6.92 Å². The van der Waals surface area contributed by atoms with Crippen molar-refractivity contribution in [2.24, 2.45) is 0 Å². The largest absolute Gasteiger partial charge is 0.345 e. The second kappa shape index (κ2) is 6.40. The fourth-order valence-corrected chi connectivity index (χ4v) is 5.35. The predicted octanol–water partition coefficient (Wildman–Crippen LogP) is 3.12. The summed E-state index contributed by atoms with van der Waals surface area (Å²) in [4.78, 5) is 8.09. The zero-order chi connectivity index (χ0) is 17.4. The maximum absolute atomic E-state index is 13.0. The van der Waals surface area contributed by atoms with Crippen molar-refractivity contribution in [2.45, 2.75) is 11.8 Å². The zero-order valence-corrected chi connectivity index (χ0v) is 15.6. The third-order valence-electron chi connectivity index (χ3n) is 4.48. The van der Waals surface area contributed by atoms with Gasteiger partial charge in [0.25, 0.3) is 0 Å². The van der Waals surface area contributed by atoms with Crippen molar-refractivity contribution in [3.63, 3.8) is 0 Å². The molecule has 0 radical (unpaired) electrons. The Labute approximate surface area is 151 Å². The second-order valence-electron chi connectivity index (χ2n) is 6.15. The van der Waals surface area contributed by atoms with Gasteiger partial charge in [0.1, 0.15) is 0 Å². The minimum Gasteiger partial charge on any atom is -0.345 e. The molecule has 0 aliphatic carbocycles. The van der Waals surface area contributed by atoms with E-state index in [0.29, 0.717) is 31.1 Å². The number of fused-ring (bicyclic) bond motifs is 1. The summed E-state index contributed by atoms with van der Waals surface area (Å²) in [6.45, 7) is 4.32. The lowest BCUT2D eigenvalue weighted by Gasteiger charge is -2.33. The number of hydrogen-bond acceptors (Lipinski definition) is 5. The van der Waals surface area contributed by atoms with Gasteiger partial charge in [-0.05, 0) is 29.8 Å². The predicted molar refractivity (Wildman–Crippen MR) is 102 cm³/mol. The normalized spacial score (nSPS) is 16.4. The van der Waals surface area contributed by atoms with Gasteiger partial charge >= 0.3 is 0 Å². The molecule has 1 saturated heterocycles. The Hall–Kier alpha value is -1.96. The van der Waals surface area contributed by atoms with Gasteiger partial charge < -0.3 is 4.90 Å². The minimum atomic E-state index is -3.46. The van der Waals surface area contributed by atoms with Crippen molar-refractivity contribution in [1.29, 1.82) is 0 Å². The van der Waals surface area contributed by atoms with Crippen LogP contribution in [0.15, 0.2) is 53.6 Å². The Morgan fingerprint density at radius 1 is 1.00 bits per heavy atom. The third kappa shape index (κ3) is 3.15. The smallest absolute Gasteiger partial charge is 0.243 e. The average Bonchev–Trinajstić information content (AvgIpc) is 3.08. The first-order valence-electron chi connectivity index (χ1n) is 8.20. The summed E-state index contributed by atoms with van der Waals surface area (Å²) >= 11 is 1.65. The summed E-state index contributed by atoms with van der Waals surface area (Å²) in [6, 6.07) is 13.1. The van der Waals surface area contributed by atoms with E-state index in [1.54, 1.807) is 27.8 Å². The Kier molecular flexibility index (Phi) is 4.23. The van der Waals surface area contributed by atoms with E-state index in [2.05, 4.69) is 9.88 Å². The molecule has 0 spiro atoms. The highest BCUT2D eigenvalue weighted by Gasteiger charge is 2.29. The van der Waals surface area contributed by atoms with Crippen molar-refractivity contribution in [2.75, 3.05) is 31.1 Å². The first kappa shape index (κ1) is 16.5. The van der Waals surface area contributed by atoms with Gasteiger partial charge in [-0.15, -0.1) is 11.3 Å². The molecule has 0 saturated carbocycles. The summed E-state index contributed by atoms with van der Waals surface area (Å²) in [5.74, 6) is 0. The Morgan fingerprint density at radius 3 is 2.40 bits per heavy atom. The summed E-state index contributed by atoms with van der Waals surface area (Å²) in [5, 5.41) is 2.96. The van der Waals surface area contributed by atoms with Crippen LogP contribution in [0.4, 0.5) is 5.13 Å². The van der Waals surface area contributed by atoms with Gasteiger partial charge in [0.2, 0.25) is 10.0 Å². The van der Waals surface area contributed by atoms with Crippen LogP contribution in [-0.2, 0) is 10.0 Å². The number of nitrogens with zero attached hydrogens (tertiary/aromatic N) is 3. The topological polar surface area (TPSA) is 53.5 Å². The van der Waals surface area contributed by atoms with Crippen molar-refractivity contribution < 1.29 is 8.42 Å². The number of hydrogen-bond donors (Lipinski definition) is 0. The van der Waals surface area contributed by atoms with Crippen molar-refractivity contribution >= 4 is 37.3 Å². The number of piperazine rings is 1. The third-order valence-corrected chi connectivity index (χ3v) is 7.35. The van der Waals surface area contributed by atoms with Crippen LogP contribution in [0.1, 0.15) is 4.88 Å². The molecule has 7 heteroatoms. The SMILES string of the molecule is Cc1cnc(N2CCN(S(=O)(=O)c3ccc4ccccc4c3)CC2)s1. The number of aryl methyl sites for hydroxylation is 1. The van der Waals surface area contributed by atoms with Crippen molar-refractivity contribution in [1.82, 2.24) is 9.29 Å². The zero-order valence-electron chi connectivity index (χ0n) is 13.9. The Bertz CT molecular complexity index is 1010. The summed E-state index contributed by atoms with van der Waals surface area (Å²) in [7, 11) is -3.46. The Balaban J connectivity index is 1.54. The molecule has 1 aliphatic heterocycles. The lowest BCUT2D eigenvalue weighted by molar-refractivity contribution is 0.385. The molecule has 2 aromatic carbocycles. The molecule has 3 aromatic rings. The highest BCUT2D eigenvalue weighted by atomic mass is 32.2. The van der Waals surface area contributed by atoms with E-state index in [-0.39, 0.29) is 0 Å². The van der Waals surface area contributed by atoms with Gasteiger partial charge in [-0.3, -0.25) is 0 Å². The van der Waals surface area contributed by atoms with E-state index in [9.17, 15) is 8.42 Å². The number of rotatable bonds is 3. The summed E-state index contributed by atoms with van der Waals surface area (Å²) in [5.41, 5.74) is 0. The van der Waals surface area contributed by atoms with Gasteiger partial charge in [-0.2, -0.15) is 4.31 Å². The number of benzene rings is 2. The van der Waals surface area contributed by atoms with E-state index in [1.165, 1.54) is 4.88 Å². The molecule has 1 aromatic heterocycles. The quantitative estimate of drug-likeness (QED) is 0.708. The molecule has 130 valence electrons. The van der Waals surface area contributed by atoms with E-state index in [4.69, 9.17) is 0 Å². The molecule has 0 bridgehead atoms. The van der Waals surface area contributed by atoms with E-state index < -0.39 is 10.0 Å². The molecule has 0 N–H and O–H groups in total. The molecule has 1 aliphatic rings. The van der Waals surface area contributed by atoms with E-state index in [0.717, 1.165) is 15.9 Å². The maximum atomic E-state index is 13.0. The molecule has 25 heavy (non-hydrogen) atoms. The number of aromatic nitrogens is 1. The van der Waals surface area contributed by atoms with Gasteiger partial charge in [0.05, 0.1) is 4.90 Å². The highest BCUT2D eigenvalue weighted by molar-refractivity contribution is 7.89. The van der Waals surface area contributed by atoms with Gasteiger partial charge in [0, 0.05) is 37.3 Å². The molecule has 0 amide bonds. The fourth-order valence-electron chi connectivity index (χ4n) is 3.09. The standard InChI is InChI=1S/C18H19N3O2S2/c1-14-13-19-18(24-14)20-8-10-21(11-9-20)25(22,23)17-7-6-15-4-2-3-5-16(15)12-17/h2-7,12-13H,8-11H2,1H3. The van der Waals surface area contributed by atoms with Gasteiger partial charge in [-0.1, -0.05) is 30.3 Å². The minimum absolute atomic E-state index is 0.366. The number of thiazole rings is 1. The number of anilines is 1. The second-order valence-corrected chi connectivity index (χ2v) is 9.30. The van der Waals surface area contributed by atoms with Crippen LogP contribution in [-0.4, -0.2) is 43.9 Å². The van der Waals surface area contributed by atoms with Crippen molar-refractivity contribution in [3.8, 4) is 0 Å². The molecular weight excluding hydrogens is 354 g/mol. The molecule has 4 rings (SSSR count). The number of sulfonamides is 1. The van der Waals surface area contributed by atoms with Crippen LogP contribution in [0.5, 0.6) is 0 Å². The molecule has 1 fully saturated rings. The van der Waals surface area contributed by atoms with Crippen LogP contribution in [0.25, 0.3) is 10.8 Å². The summed E-state index contributed by atoms with van der Waals surface area (Å²) < 4.78 is 27.5. The van der Waals surface area contributed by atoms with Gasteiger partial charge in [-0.25, -0.2) is 13.4 Å². The maximum Gasteiger partial charge on any atom is 0.243 e. The molecule has 0 unspecified atom stereocenters. The molecule has 2 heterocycles. The van der Waals surface area contributed by atoms with Crippen LogP contribution < -0.4 is 4.90 Å². The summed E-state index contributed by atoms with van der Waals surface area (Å²) in [6.07, 6.45) is 1.86. The first-order valence-corrected chi connectivity index (χ1v) is 10.5. The lowest BCUT2D eigenvalue weighted by atomic mass is 10.1. The molecular formula is C18H19N3O2S2. The average molecular weight is 374 g/mol. The Morgan fingerprint density at radius 2 is 1.72 bits per heavy atom. The van der Waals surface area contributed by atoms with Crippen LogP contribution in [0.3, 0.4) is 0 Å². The van der Waals surface area contributed by atoms with Crippen LogP contribution in [0.2, 0.25) is 0 Å². The lowest BCUT2D eigenvalue weighted by Crippen LogP contribution is -2.48. The van der Waals surface area contributed by atoms with Crippen molar-refractivity contribution in [3.05, 3.63) is 53.5 Å². The first-order chi connectivity index (χ1) is 12.0. The van der Waals surface area contributed by atoms with Gasteiger partial charge in [0.15, 0.2) is 5.13 Å². The van der Waals surface area contributed by atoms with E-state index >= 15 is 0 Å². The monoisotopic (exact) mass is 373 g/mol. The molecule has 0 atom stereocenters. The highest BCUT2D eigenvalue weighted by Crippen LogP contribution is 2.26. The fraction of sp³-hybridized carbons (Fsp3) is 0.278. The van der Waals surface area contributed by atoms with E-state index in [1.807, 2.05) is 43.5 Å². The molecule has 5 nitrogen and oxygen atoms in total. The van der Waals surface area contributed by atoms with Crippen LogP contribution >= 0.6 is 11.3 Å².